The number of aromatic nitrogens is 2. The first-order valence-corrected chi connectivity index (χ1v) is 14.3. The quantitative estimate of drug-likeness (QED) is 0.626. The number of hydrogen-bond acceptors (Lipinski definition) is 7. The average Bonchev–Trinajstić information content (AvgIpc) is 3.48. The van der Waals surface area contributed by atoms with Crippen molar-refractivity contribution in [3.05, 3.63) is 36.0 Å². The Labute approximate surface area is 206 Å². The Balaban J connectivity index is 1.51. The lowest BCUT2D eigenvalue weighted by molar-refractivity contribution is 0.0985. The standard InChI is InChI=1S/C25H33N5O4S/c1-17-16-34-14-13-30(17)22-15-21(25(35(2,32)33)11-3-4-12-25)28-23(29-22)18-5-7-19(8-6-18)26-24(31)27-20-9-10-20/h5-8,15,17,20H,3-4,9-14,16H2,1-2H3,(H2,26,27,31)/t17-/m0/s1. The summed E-state index contributed by atoms with van der Waals surface area (Å²) in [6, 6.07) is 9.42. The van der Waals surface area contributed by atoms with E-state index >= 15 is 0 Å². The van der Waals surface area contributed by atoms with Crippen molar-refractivity contribution in [1.29, 1.82) is 0 Å². The predicted molar refractivity (Wildman–Crippen MR) is 135 cm³/mol. The third kappa shape index (κ3) is 4.99. The van der Waals surface area contributed by atoms with Gasteiger partial charge in [0.05, 0.1) is 24.9 Å². The molecule has 3 fully saturated rings. The number of nitrogens with zero attached hydrogens (tertiary/aromatic N) is 3. The maximum atomic E-state index is 13.0. The van der Waals surface area contributed by atoms with Crippen LogP contribution in [-0.2, 0) is 19.3 Å². The Bertz CT molecular complexity index is 1190. The highest BCUT2D eigenvalue weighted by Crippen LogP contribution is 2.45. The van der Waals surface area contributed by atoms with Gasteiger partial charge in [0.25, 0.3) is 0 Å². The third-order valence-electron chi connectivity index (χ3n) is 7.28. The number of carbonyl (C=O) groups is 1. The molecule has 0 unspecified atom stereocenters. The number of ether oxygens (including phenoxy) is 1. The van der Waals surface area contributed by atoms with Crippen molar-refractivity contribution in [3.63, 3.8) is 0 Å². The van der Waals surface area contributed by atoms with Crippen molar-refractivity contribution >= 4 is 27.4 Å². The second kappa shape index (κ2) is 9.39. The zero-order chi connectivity index (χ0) is 24.6. The molecule has 0 radical (unpaired) electrons. The molecule has 2 N–H and O–H groups in total. The predicted octanol–water partition coefficient (Wildman–Crippen LogP) is 3.47. The number of benzene rings is 1. The molecule has 3 aliphatic rings. The van der Waals surface area contributed by atoms with E-state index in [0.29, 0.717) is 49.8 Å². The fraction of sp³-hybridized carbons (Fsp3) is 0.560. The summed E-state index contributed by atoms with van der Waals surface area (Å²) in [5, 5.41) is 5.76. The van der Waals surface area contributed by atoms with Gasteiger partial charge in [-0.2, -0.15) is 0 Å². The number of urea groups is 1. The summed E-state index contributed by atoms with van der Waals surface area (Å²) in [4.78, 5) is 23.9. The van der Waals surface area contributed by atoms with E-state index in [1.54, 1.807) is 0 Å². The highest BCUT2D eigenvalue weighted by molar-refractivity contribution is 7.91. The van der Waals surface area contributed by atoms with Gasteiger partial charge in [-0.1, -0.05) is 12.8 Å². The van der Waals surface area contributed by atoms with Crippen molar-refractivity contribution in [2.45, 2.75) is 62.3 Å². The first kappa shape index (κ1) is 24.0. The fourth-order valence-electron chi connectivity index (χ4n) is 5.06. The van der Waals surface area contributed by atoms with Crippen LogP contribution in [0.1, 0.15) is 51.1 Å². The lowest BCUT2D eigenvalue weighted by Crippen LogP contribution is -2.44. The van der Waals surface area contributed by atoms with Gasteiger partial charge < -0.3 is 20.3 Å². The number of hydrogen-bond donors (Lipinski definition) is 2. The Morgan fingerprint density at radius 3 is 2.49 bits per heavy atom. The molecule has 2 aliphatic carbocycles. The molecule has 1 aromatic carbocycles. The smallest absolute Gasteiger partial charge is 0.319 e. The Morgan fingerprint density at radius 2 is 1.86 bits per heavy atom. The number of anilines is 2. The van der Waals surface area contributed by atoms with Gasteiger partial charge >= 0.3 is 6.03 Å². The van der Waals surface area contributed by atoms with E-state index in [0.717, 1.165) is 37.1 Å². The van der Waals surface area contributed by atoms with E-state index in [2.05, 4.69) is 22.5 Å². The summed E-state index contributed by atoms with van der Waals surface area (Å²) in [5.41, 5.74) is 2.01. The number of rotatable bonds is 6. The van der Waals surface area contributed by atoms with Gasteiger partial charge in [0.15, 0.2) is 15.7 Å². The first-order chi connectivity index (χ1) is 16.7. The fourth-order valence-corrected chi connectivity index (χ4v) is 6.57. The second-order valence-electron chi connectivity index (χ2n) is 9.98. The van der Waals surface area contributed by atoms with Crippen LogP contribution in [0.5, 0.6) is 0 Å². The molecule has 10 heteroatoms. The Kier molecular flexibility index (Phi) is 6.43. The SMILES string of the molecule is C[C@H]1COCCN1c1cc(C2(S(C)(=O)=O)CCCC2)nc(-c2ccc(NC(=O)NC3CC3)cc2)n1. The summed E-state index contributed by atoms with van der Waals surface area (Å²) >= 11 is 0. The number of sulfone groups is 1. The number of morpholine rings is 1. The minimum Gasteiger partial charge on any atom is -0.377 e. The molecule has 2 aromatic rings. The molecule has 5 rings (SSSR count). The summed E-state index contributed by atoms with van der Waals surface area (Å²) in [7, 11) is -3.39. The monoisotopic (exact) mass is 499 g/mol. The van der Waals surface area contributed by atoms with Gasteiger partial charge in [-0.25, -0.2) is 23.2 Å². The second-order valence-corrected chi connectivity index (χ2v) is 12.3. The van der Waals surface area contributed by atoms with Gasteiger partial charge in [0, 0.05) is 36.2 Å². The van der Waals surface area contributed by atoms with Gasteiger partial charge in [0.1, 0.15) is 10.6 Å². The Hall–Kier alpha value is -2.72. The van der Waals surface area contributed by atoms with E-state index in [-0.39, 0.29) is 18.1 Å². The van der Waals surface area contributed by atoms with Crippen molar-refractivity contribution in [2.24, 2.45) is 0 Å². The average molecular weight is 500 g/mol. The van der Waals surface area contributed by atoms with Gasteiger partial charge in [-0.15, -0.1) is 0 Å². The third-order valence-corrected chi connectivity index (χ3v) is 9.31. The lowest BCUT2D eigenvalue weighted by Gasteiger charge is -2.35. The molecule has 0 bridgehead atoms. The van der Waals surface area contributed by atoms with Crippen LogP contribution in [-0.4, -0.2) is 62.5 Å². The van der Waals surface area contributed by atoms with E-state index in [9.17, 15) is 13.2 Å². The molecule has 1 atom stereocenters. The summed E-state index contributed by atoms with van der Waals surface area (Å²) in [6.45, 7) is 3.95. The summed E-state index contributed by atoms with van der Waals surface area (Å²) in [5.74, 6) is 1.21. The summed E-state index contributed by atoms with van der Waals surface area (Å²) in [6.07, 6.45) is 6.24. The van der Waals surface area contributed by atoms with Crippen LogP contribution in [0.2, 0.25) is 0 Å². The van der Waals surface area contributed by atoms with E-state index < -0.39 is 14.6 Å². The van der Waals surface area contributed by atoms with Crippen molar-refractivity contribution in [3.8, 4) is 11.4 Å². The van der Waals surface area contributed by atoms with Gasteiger partial charge in [0.2, 0.25) is 0 Å². The molecule has 35 heavy (non-hydrogen) atoms. The first-order valence-electron chi connectivity index (χ1n) is 12.4. The topological polar surface area (TPSA) is 114 Å². The molecule has 2 saturated carbocycles. The van der Waals surface area contributed by atoms with Crippen molar-refractivity contribution in [1.82, 2.24) is 15.3 Å². The van der Waals surface area contributed by atoms with Crippen LogP contribution < -0.4 is 15.5 Å². The van der Waals surface area contributed by atoms with E-state index in [1.165, 1.54) is 6.26 Å². The highest BCUT2D eigenvalue weighted by Gasteiger charge is 2.47. The number of nitrogens with one attached hydrogen (secondary N) is 2. The van der Waals surface area contributed by atoms with Crippen LogP contribution in [0, 0.1) is 0 Å². The zero-order valence-electron chi connectivity index (χ0n) is 20.3. The van der Waals surface area contributed by atoms with Gasteiger partial charge in [-0.3, -0.25) is 0 Å². The van der Waals surface area contributed by atoms with Crippen LogP contribution in [0.15, 0.2) is 30.3 Å². The molecule has 1 aromatic heterocycles. The Morgan fingerprint density at radius 1 is 1.14 bits per heavy atom. The van der Waals surface area contributed by atoms with Crippen molar-refractivity contribution < 1.29 is 17.9 Å². The molecule has 2 amide bonds. The maximum absolute atomic E-state index is 13.0. The number of amides is 2. The largest absolute Gasteiger partial charge is 0.377 e. The maximum Gasteiger partial charge on any atom is 0.319 e. The van der Waals surface area contributed by atoms with Crippen LogP contribution in [0.4, 0.5) is 16.3 Å². The molecule has 0 spiro atoms. The molecular weight excluding hydrogens is 466 g/mol. The van der Waals surface area contributed by atoms with E-state index in [4.69, 9.17) is 14.7 Å². The zero-order valence-corrected chi connectivity index (χ0v) is 21.1. The lowest BCUT2D eigenvalue weighted by atomic mass is 10.0. The van der Waals surface area contributed by atoms with E-state index in [1.807, 2.05) is 30.3 Å². The highest BCUT2D eigenvalue weighted by atomic mass is 32.2. The van der Waals surface area contributed by atoms with Crippen LogP contribution in [0.3, 0.4) is 0 Å². The minimum absolute atomic E-state index is 0.119. The summed E-state index contributed by atoms with van der Waals surface area (Å²) < 4.78 is 30.7. The van der Waals surface area contributed by atoms with Gasteiger partial charge in [-0.05, 0) is 56.9 Å². The molecular formula is C25H33N5O4S. The molecule has 188 valence electrons. The molecule has 9 nitrogen and oxygen atoms in total. The normalized spacial score (nSPS) is 22.1. The molecule has 1 saturated heterocycles. The van der Waals surface area contributed by atoms with Crippen molar-refractivity contribution in [2.75, 3.05) is 36.2 Å². The molecule has 1 aliphatic heterocycles. The van der Waals surface area contributed by atoms with Crippen LogP contribution in [0.25, 0.3) is 11.4 Å². The number of carbonyl (C=O) groups excluding carboxylic acids is 1. The van der Waals surface area contributed by atoms with Crippen LogP contribution >= 0.6 is 0 Å². The molecule has 2 heterocycles. The minimum atomic E-state index is -3.39.